The molecule has 6 atom stereocenters. The molecule has 0 N–H and O–H groups in total. The zero-order valence-corrected chi connectivity index (χ0v) is 23.8. The maximum atomic E-state index is 2.75. The lowest BCUT2D eigenvalue weighted by Gasteiger charge is -2.51. The van der Waals surface area contributed by atoms with Crippen molar-refractivity contribution in [3.8, 4) is 0 Å². The van der Waals surface area contributed by atoms with Crippen LogP contribution in [-0.2, 0) is 0 Å². The molecule has 40 heavy (non-hydrogen) atoms. The predicted octanol–water partition coefficient (Wildman–Crippen LogP) is 10.3. The first kappa shape index (κ1) is 24.7. The van der Waals surface area contributed by atoms with Crippen molar-refractivity contribution >= 4 is 0 Å². The quantitative estimate of drug-likeness (QED) is 0.344. The maximum absolute atomic E-state index is 2.75. The smallest absolute Gasteiger partial charge is 0.00898 e. The number of hydrogen-bond donors (Lipinski definition) is 0. The second kappa shape index (κ2) is 10.4. The van der Waals surface area contributed by atoms with Gasteiger partial charge in [0.1, 0.15) is 0 Å². The molecule has 8 aliphatic rings. The molecule has 0 aromatic heterocycles. The van der Waals surface area contributed by atoms with Gasteiger partial charge in [0.2, 0.25) is 0 Å². The number of rotatable bonds is 4. The van der Waals surface area contributed by atoms with Crippen LogP contribution in [0.3, 0.4) is 0 Å². The van der Waals surface area contributed by atoms with E-state index in [4.69, 9.17) is 0 Å². The van der Waals surface area contributed by atoms with E-state index in [1.165, 1.54) is 63.4 Å². The highest BCUT2D eigenvalue weighted by molar-refractivity contribution is 5.67. The summed E-state index contributed by atoms with van der Waals surface area (Å²) in [5.41, 5.74) is 13.4. The summed E-state index contributed by atoms with van der Waals surface area (Å²) in [6.07, 6.45) is 51.4. The number of allylic oxidation sites excluding steroid dienone is 24. The van der Waals surface area contributed by atoms with Crippen molar-refractivity contribution in [2.24, 2.45) is 35.5 Å². The molecule has 0 saturated heterocycles. The third kappa shape index (κ3) is 4.09. The molecule has 0 heteroatoms. The van der Waals surface area contributed by atoms with Crippen LogP contribution in [0.1, 0.15) is 64.2 Å². The van der Waals surface area contributed by atoms with Crippen molar-refractivity contribution in [2.45, 2.75) is 64.2 Å². The molecule has 8 rings (SSSR count). The van der Waals surface area contributed by atoms with E-state index in [1.807, 2.05) is 0 Å². The van der Waals surface area contributed by atoms with Gasteiger partial charge in [0.25, 0.3) is 0 Å². The fourth-order valence-electron chi connectivity index (χ4n) is 9.24. The molecular weight excluding hydrogens is 480 g/mol. The van der Waals surface area contributed by atoms with Gasteiger partial charge in [-0.3, -0.25) is 0 Å². The van der Waals surface area contributed by atoms with Gasteiger partial charge >= 0.3 is 0 Å². The van der Waals surface area contributed by atoms with Crippen LogP contribution in [0.4, 0.5) is 0 Å². The Morgan fingerprint density at radius 2 is 1.40 bits per heavy atom. The summed E-state index contributed by atoms with van der Waals surface area (Å²) >= 11 is 0. The first-order valence-electron chi connectivity index (χ1n) is 16.2. The van der Waals surface area contributed by atoms with E-state index in [-0.39, 0.29) is 0 Å². The number of hydrogen-bond acceptors (Lipinski definition) is 0. The zero-order valence-electron chi connectivity index (χ0n) is 23.8. The van der Waals surface area contributed by atoms with Gasteiger partial charge in [0, 0.05) is 11.8 Å². The van der Waals surface area contributed by atoms with Crippen molar-refractivity contribution < 1.29 is 0 Å². The molecule has 1 saturated carbocycles. The van der Waals surface area contributed by atoms with Crippen molar-refractivity contribution in [3.05, 3.63) is 142 Å². The molecule has 0 radical (unpaired) electrons. The predicted molar refractivity (Wildman–Crippen MR) is 168 cm³/mol. The van der Waals surface area contributed by atoms with Crippen LogP contribution in [0.5, 0.6) is 0 Å². The Labute approximate surface area is 241 Å². The minimum Gasteiger partial charge on any atom is -0.0839 e. The first-order chi connectivity index (χ1) is 19.9. The minimum absolute atomic E-state index is 0.524. The zero-order chi connectivity index (χ0) is 26.5. The molecule has 0 aromatic rings. The van der Waals surface area contributed by atoms with E-state index in [1.54, 1.807) is 39.0 Å². The highest BCUT2D eigenvalue weighted by Gasteiger charge is 2.47. The lowest BCUT2D eigenvalue weighted by molar-refractivity contribution is 0.270. The molecule has 8 aliphatic carbocycles. The SMILES string of the molecule is C1=CCC(C2=CC(C3=CCCC=C3)C3CCC4C5=C(CCC2=C53)C(C2=CCCC=C2)=CC4C2C=CC=CC2)C=C1. The summed E-state index contributed by atoms with van der Waals surface area (Å²) in [4.78, 5) is 0. The molecule has 0 aliphatic heterocycles. The van der Waals surface area contributed by atoms with Gasteiger partial charge in [-0.2, -0.15) is 0 Å². The lowest BCUT2D eigenvalue weighted by atomic mass is 9.53. The van der Waals surface area contributed by atoms with E-state index in [9.17, 15) is 0 Å². The van der Waals surface area contributed by atoms with Gasteiger partial charge in [-0.1, -0.05) is 97.2 Å². The Morgan fingerprint density at radius 3 is 2.15 bits per heavy atom. The van der Waals surface area contributed by atoms with Crippen molar-refractivity contribution in [2.75, 3.05) is 0 Å². The normalized spacial score (nSPS) is 35.8. The Balaban J connectivity index is 1.30. The Bertz CT molecular complexity index is 1460. The second-order valence-electron chi connectivity index (χ2n) is 13.1. The summed E-state index contributed by atoms with van der Waals surface area (Å²) in [7, 11) is 0. The van der Waals surface area contributed by atoms with Gasteiger partial charge in [-0.05, 0) is 132 Å². The van der Waals surface area contributed by atoms with E-state index in [0.717, 1.165) is 6.42 Å². The molecule has 202 valence electrons. The Hall–Kier alpha value is -3.12. The van der Waals surface area contributed by atoms with E-state index >= 15 is 0 Å². The fourth-order valence-corrected chi connectivity index (χ4v) is 9.24. The monoisotopic (exact) mass is 522 g/mol. The van der Waals surface area contributed by atoms with Gasteiger partial charge in [-0.15, -0.1) is 0 Å². The van der Waals surface area contributed by atoms with Gasteiger partial charge in [0.05, 0.1) is 0 Å². The molecule has 0 bridgehead atoms. The summed E-state index contributed by atoms with van der Waals surface area (Å²) in [5.74, 6) is 3.55. The van der Waals surface area contributed by atoms with Crippen molar-refractivity contribution in [3.63, 3.8) is 0 Å². The minimum atomic E-state index is 0.524. The van der Waals surface area contributed by atoms with Gasteiger partial charge in [0.15, 0.2) is 0 Å². The summed E-state index contributed by atoms with van der Waals surface area (Å²) in [6, 6.07) is 0. The average molecular weight is 523 g/mol. The molecule has 0 heterocycles. The largest absolute Gasteiger partial charge is 0.0839 e. The highest BCUT2D eigenvalue weighted by Crippen LogP contribution is 2.60. The molecule has 0 amide bonds. The molecule has 6 unspecified atom stereocenters. The van der Waals surface area contributed by atoms with Gasteiger partial charge in [-0.25, -0.2) is 0 Å². The summed E-state index contributed by atoms with van der Waals surface area (Å²) in [5, 5.41) is 0. The van der Waals surface area contributed by atoms with E-state index in [2.05, 4.69) is 97.2 Å². The van der Waals surface area contributed by atoms with Crippen molar-refractivity contribution in [1.82, 2.24) is 0 Å². The van der Waals surface area contributed by atoms with Crippen LogP contribution >= 0.6 is 0 Å². The second-order valence-corrected chi connectivity index (χ2v) is 13.1. The third-order valence-corrected chi connectivity index (χ3v) is 11.0. The van der Waals surface area contributed by atoms with Crippen molar-refractivity contribution in [1.29, 1.82) is 0 Å². The average Bonchev–Trinajstić information content (AvgIpc) is 3.04. The van der Waals surface area contributed by atoms with E-state index < -0.39 is 0 Å². The molecule has 0 aromatic carbocycles. The molecular formula is C40H42. The molecule has 0 nitrogen and oxygen atoms in total. The van der Waals surface area contributed by atoms with Crippen LogP contribution in [0, 0.1) is 35.5 Å². The van der Waals surface area contributed by atoms with Crippen LogP contribution in [0.25, 0.3) is 0 Å². The lowest BCUT2D eigenvalue weighted by Crippen LogP contribution is -2.39. The summed E-state index contributed by atoms with van der Waals surface area (Å²) < 4.78 is 0. The Morgan fingerprint density at radius 1 is 0.625 bits per heavy atom. The van der Waals surface area contributed by atoms with Crippen LogP contribution in [-0.4, -0.2) is 0 Å². The van der Waals surface area contributed by atoms with Crippen LogP contribution < -0.4 is 0 Å². The molecule has 0 spiro atoms. The highest BCUT2D eigenvalue weighted by atomic mass is 14.5. The molecule has 1 fully saturated rings. The van der Waals surface area contributed by atoms with Crippen LogP contribution in [0.15, 0.2) is 142 Å². The van der Waals surface area contributed by atoms with Crippen LogP contribution in [0.2, 0.25) is 0 Å². The third-order valence-electron chi connectivity index (χ3n) is 11.0. The maximum Gasteiger partial charge on any atom is 0.00898 e. The van der Waals surface area contributed by atoms with Gasteiger partial charge < -0.3 is 0 Å². The fraction of sp³-hybridized carbons (Fsp3) is 0.400. The summed E-state index contributed by atoms with van der Waals surface area (Å²) in [6.45, 7) is 0. The standard InChI is InChI=1S/C40H42/c1-5-13-27(14-6-1)35-25-36(28-15-7-2-8-16-28)32-23-24-34-38(30-19-11-4-12-20-30)26-37(29-17-9-3-10-18-29)33-22-21-31(35)39(32)40(33)34/h1,4-7,9,11-13,15-19,25-27,30-31,33,35,37H,2-3,8,10,14,20-24H2. The first-order valence-corrected chi connectivity index (χ1v) is 16.2. The topological polar surface area (TPSA) is 0 Å². The van der Waals surface area contributed by atoms with E-state index in [0.29, 0.717) is 35.5 Å². The Kier molecular flexibility index (Phi) is 6.39.